The largest absolute Gasteiger partial charge is 0.493 e. The van der Waals surface area contributed by atoms with E-state index in [-0.39, 0.29) is 17.6 Å². The molecule has 0 aliphatic carbocycles. The summed E-state index contributed by atoms with van der Waals surface area (Å²) in [6.45, 7) is 6.86. The van der Waals surface area contributed by atoms with E-state index < -0.39 is 5.97 Å². The molecule has 0 fully saturated rings. The van der Waals surface area contributed by atoms with Gasteiger partial charge in [0.2, 0.25) is 0 Å². The molecule has 1 N–H and O–H groups in total. The number of carbonyl (C=O) groups is 2. The van der Waals surface area contributed by atoms with E-state index in [0.717, 1.165) is 56.1 Å². The van der Waals surface area contributed by atoms with E-state index in [9.17, 15) is 14.7 Å². The first-order valence-corrected chi connectivity index (χ1v) is 15.3. The Morgan fingerprint density at radius 3 is 2.12 bits per heavy atom. The van der Waals surface area contributed by atoms with Crippen LogP contribution in [0.25, 0.3) is 11.1 Å². The fourth-order valence-electron chi connectivity index (χ4n) is 5.13. The highest BCUT2D eigenvalue weighted by molar-refractivity contribution is 5.90. The minimum Gasteiger partial charge on any atom is -0.493 e. The van der Waals surface area contributed by atoms with Crippen molar-refractivity contribution in [3.63, 3.8) is 0 Å². The number of benzene rings is 3. The second kappa shape index (κ2) is 17.3. The normalized spacial score (nSPS) is 12.5. The van der Waals surface area contributed by atoms with Gasteiger partial charge in [-0.1, -0.05) is 88.4 Å². The molecule has 0 bridgehead atoms. The van der Waals surface area contributed by atoms with E-state index >= 15 is 0 Å². The first-order chi connectivity index (χ1) is 19.9. The highest BCUT2D eigenvalue weighted by atomic mass is 16.5. The fraction of sp³-hybridized carbons (Fsp3) is 0.444. The highest BCUT2D eigenvalue weighted by Gasteiger charge is 2.16. The van der Waals surface area contributed by atoms with Crippen molar-refractivity contribution >= 4 is 11.9 Å². The first kappa shape index (κ1) is 31.9. The summed E-state index contributed by atoms with van der Waals surface area (Å²) >= 11 is 0. The Morgan fingerprint density at radius 2 is 1.44 bits per heavy atom. The Hall–Kier alpha value is -3.60. The molecule has 3 aromatic rings. The van der Waals surface area contributed by atoms with Crippen LogP contribution in [0.1, 0.15) is 117 Å². The predicted octanol–water partition coefficient (Wildman–Crippen LogP) is 9.70. The lowest BCUT2D eigenvalue weighted by molar-refractivity contribution is 0.0319. The van der Waals surface area contributed by atoms with E-state index in [1.807, 2.05) is 55.5 Å². The number of rotatable bonds is 18. The molecule has 5 heteroatoms. The molecule has 220 valence electrons. The van der Waals surface area contributed by atoms with Gasteiger partial charge in [0.15, 0.2) is 0 Å². The van der Waals surface area contributed by atoms with Gasteiger partial charge in [0.05, 0.1) is 23.8 Å². The zero-order chi connectivity index (χ0) is 29.5. The maximum atomic E-state index is 12.7. The Bertz CT molecular complexity index is 1200. The van der Waals surface area contributed by atoms with Crippen molar-refractivity contribution in [3.05, 3.63) is 89.5 Å². The molecule has 0 saturated heterocycles. The van der Waals surface area contributed by atoms with E-state index in [1.54, 1.807) is 12.1 Å². The van der Waals surface area contributed by atoms with Crippen molar-refractivity contribution in [2.24, 2.45) is 0 Å². The lowest BCUT2D eigenvalue weighted by atomic mass is 9.89. The number of hydrogen-bond acceptors (Lipinski definition) is 4. The molecule has 0 saturated carbocycles. The lowest BCUT2D eigenvalue weighted by Crippen LogP contribution is -2.15. The fourth-order valence-corrected chi connectivity index (χ4v) is 5.13. The van der Waals surface area contributed by atoms with Crippen LogP contribution in [0.3, 0.4) is 0 Å². The molecule has 0 radical (unpaired) electrons. The van der Waals surface area contributed by atoms with Crippen LogP contribution in [-0.4, -0.2) is 29.8 Å². The highest BCUT2D eigenvalue weighted by Crippen LogP contribution is 2.32. The smallest absolute Gasteiger partial charge is 0.338 e. The number of esters is 1. The predicted molar refractivity (Wildman–Crippen MR) is 166 cm³/mol. The topological polar surface area (TPSA) is 72.8 Å². The van der Waals surface area contributed by atoms with Crippen molar-refractivity contribution in [2.45, 2.75) is 97.0 Å². The number of carbonyl (C=O) groups excluding carboxylic acids is 1. The van der Waals surface area contributed by atoms with Gasteiger partial charge in [0.1, 0.15) is 5.75 Å². The van der Waals surface area contributed by atoms with Crippen molar-refractivity contribution in [1.82, 2.24) is 0 Å². The van der Waals surface area contributed by atoms with Crippen LogP contribution >= 0.6 is 0 Å². The first-order valence-electron chi connectivity index (χ1n) is 15.3. The van der Waals surface area contributed by atoms with Gasteiger partial charge < -0.3 is 14.6 Å². The number of aromatic carboxylic acids is 1. The maximum Gasteiger partial charge on any atom is 0.338 e. The summed E-state index contributed by atoms with van der Waals surface area (Å²) in [6.07, 6.45) is 10.6. The van der Waals surface area contributed by atoms with Crippen molar-refractivity contribution < 1.29 is 24.2 Å². The summed E-state index contributed by atoms with van der Waals surface area (Å²) in [5.74, 6) is -0.276. The third-order valence-corrected chi connectivity index (χ3v) is 7.56. The molecular formula is C36H46O5. The minimum absolute atomic E-state index is 0.0741. The number of ether oxygens (including phenoxy) is 2. The molecule has 3 aromatic carbocycles. The average molecular weight is 559 g/mol. The van der Waals surface area contributed by atoms with Crippen molar-refractivity contribution in [2.75, 3.05) is 6.61 Å². The van der Waals surface area contributed by atoms with Crippen LogP contribution in [0.15, 0.2) is 72.8 Å². The van der Waals surface area contributed by atoms with Gasteiger partial charge in [0, 0.05) is 5.56 Å². The van der Waals surface area contributed by atoms with Gasteiger partial charge in [-0.3, -0.25) is 0 Å². The van der Waals surface area contributed by atoms with Gasteiger partial charge in [-0.25, -0.2) is 9.59 Å². The Morgan fingerprint density at radius 1 is 0.756 bits per heavy atom. The van der Waals surface area contributed by atoms with Crippen LogP contribution in [0.5, 0.6) is 5.75 Å². The molecule has 2 atom stereocenters. The number of unbranched alkanes of at least 4 members (excludes halogenated alkanes) is 4. The number of carboxylic acid groups (broad SMARTS) is 1. The molecule has 41 heavy (non-hydrogen) atoms. The molecule has 0 amide bonds. The van der Waals surface area contributed by atoms with Gasteiger partial charge in [-0.2, -0.15) is 0 Å². The van der Waals surface area contributed by atoms with E-state index in [4.69, 9.17) is 9.47 Å². The van der Waals surface area contributed by atoms with Crippen LogP contribution < -0.4 is 4.74 Å². The number of hydrogen-bond donors (Lipinski definition) is 1. The second-order valence-corrected chi connectivity index (χ2v) is 10.9. The van der Waals surface area contributed by atoms with Gasteiger partial charge >= 0.3 is 11.9 Å². The van der Waals surface area contributed by atoms with Crippen molar-refractivity contribution in [3.8, 4) is 16.9 Å². The van der Waals surface area contributed by atoms with Gasteiger partial charge in [-0.15, -0.1) is 0 Å². The van der Waals surface area contributed by atoms with E-state index in [1.165, 1.54) is 24.8 Å². The summed E-state index contributed by atoms with van der Waals surface area (Å²) in [5, 5.41) is 9.49. The second-order valence-electron chi connectivity index (χ2n) is 10.9. The average Bonchev–Trinajstić information content (AvgIpc) is 2.99. The Labute approximate surface area is 245 Å². The minimum atomic E-state index is -0.970. The van der Waals surface area contributed by atoms with E-state index in [2.05, 4.69) is 26.0 Å². The summed E-state index contributed by atoms with van der Waals surface area (Å²) in [4.78, 5) is 24.2. The van der Waals surface area contributed by atoms with Crippen molar-refractivity contribution in [1.29, 1.82) is 0 Å². The summed E-state index contributed by atoms with van der Waals surface area (Å²) in [5.41, 5.74) is 3.91. The van der Waals surface area contributed by atoms with Crippen LogP contribution in [0.4, 0.5) is 0 Å². The van der Waals surface area contributed by atoms with Crippen LogP contribution in [0, 0.1) is 0 Å². The van der Waals surface area contributed by atoms with E-state index in [0.29, 0.717) is 23.8 Å². The molecule has 0 aromatic heterocycles. The molecular weight excluding hydrogens is 512 g/mol. The van der Waals surface area contributed by atoms with Gasteiger partial charge in [0.25, 0.3) is 0 Å². The third kappa shape index (κ3) is 10.4. The zero-order valence-corrected chi connectivity index (χ0v) is 24.9. The van der Waals surface area contributed by atoms with Crippen LogP contribution in [-0.2, 0) is 4.74 Å². The molecule has 2 unspecified atom stereocenters. The summed E-state index contributed by atoms with van der Waals surface area (Å²) in [6, 6.07) is 22.8. The SMILES string of the molecule is CCCCCCC(C)OC(=O)c1ccc(C(CCCC)CCCOc2cc(C(=O)O)ccc2-c2ccccc2)cc1. The molecule has 0 spiro atoms. The third-order valence-electron chi connectivity index (χ3n) is 7.56. The molecule has 0 heterocycles. The number of carboxylic acids is 1. The summed E-state index contributed by atoms with van der Waals surface area (Å²) < 4.78 is 11.9. The zero-order valence-electron chi connectivity index (χ0n) is 24.9. The lowest BCUT2D eigenvalue weighted by Gasteiger charge is -2.19. The molecule has 3 rings (SSSR count). The van der Waals surface area contributed by atoms with Gasteiger partial charge in [-0.05, 0) is 86.4 Å². The standard InChI is InChI=1S/C36H46O5/c1-4-6-8-10-14-27(3)41-36(39)31-21-19-29(20-22-31)28(15-7-5-2)18-13-25-40-34-26-32(35(37)38)23-24-33(34)30-16-11-9-12-17-30/h9,11-12,16-17,19-24,26-28H,4-8,10,13-15,18,25H2,1-3H3,(H,37,38). The molecule has 0 aliphatic rings. The maximum absolute atomic E-state index is 12.7. The Balaban J connectivity index is 1.59. The monoisotopic (exact) mass is 558 g/mol. The quantitative estimate of drug-likeness (QED) is 0.124. The molecule has 5 nitrogen and oxygen atoms in total. The summed E-state index contributed by atoms with van der Waals surface area (Å²) in [7, 11) is 0. The molecule has 0 aliphatic heterocycles. The van der Waals surface area contributed by atoms with Crippen LogP contribution in [0.2, 0.25) is 0 Å². The Kier molecular flexibility index (Phi) is 13.4.